The summed E-state index contributed by atoms with van der Waals surface area (Å²) in [5, 5.41) is 0. The lowest BCUT2D eigenvalue weighted by Crippen LogP contribution is -2.11. The molecule has 0 aliphatic heterocycles. The number of aromatic nitrogens is 1. The van der Waals surface area contributed by atoms with Gasteiger partial charge in [-0.3, -0.25) is 9.78 Å². The molecular weight excluding hydrogens is 252 g/mol. The summed E-state index contributed by atoms with van der Waals surface area (Å²) in [7, 11) is 0. The fourth-order valence-electron chi connectivity index (χ4n) is 2.18. The topological polar surface area (TPSA) is 65.2 Å². The molecule has 1 aromatic rings. The van der Waals surface area contributed by atoms with Gasteiger partial charge in [-0.25, -0.2) is 0 Å². The summed E-state index contributed by atoms with van der Waals surface area (Å²) in [6, 6.07) is 1.78. The second-order valence-electron chi connectivity index (χ2n) is 5.39. The Morgan fingerprint density at radius 3 is 2.70 bits per heavy atom. The smallest absolute Gasteiger partial charge is 0.164 e. The fourth-order valence-corrected chi connectivity index (χ4v) is 2.18. The molecule has 0 fully saturated rings. The SMILES string of the molecule is CCC(CCN)CCC(=O)c1cncc(OC(C)C)c1. The van der Waals surface area contributed by atoms with Gasteiger partial charge < -0.3 is 10.5 Å². The van der Waals surface area contributed by atoms with E-state index in [2.05, 4.69) is 11.9 Å². The van der Waals surface area contributed by atoms with Gasteiger partial charge in [0.15, 0.2) is 5.78 Å². The largest absolute Gasteiger partial charge is 0.489 e. The Morgan fingerprint density at radius 1 is 1.35 bits per heavy atom. The van der Waals surface area contributed by atoms with Crippen LogP contribution in [0.5, 0.6) is 5.75 Å². The molecule has 0 saturated heterocycles. The highest BCUT2D eigenvalue weighted by molar-refractivity contribution is 5.96. The molecule has 1 atom stereocenters. The molecule has 0 bridgehead atoms. The molecule has 0 aliphatic rings. The number of rotatable bonds is 9. The first-order chi connectivity index (χ1) is 9.56. The normalized spacial score (nSPS) is 12.4. The molecule has 0 amide bonds. The summed E-state index contributed by atoms with van der Waals surface area (Å²) in [5.41, 5.74) is 6.21. The van der Waals surface area contributed by atoms with Crippen LogP contribution in [0.1, 0.15) is 56.8 Å². The minimum absolute atomic E-state index is 0.0798. The van der Waals surface area contributed by atoms with Crippen molar-refractivity contribution in [1.82, 2.24) is 4.98 Å². The Balaban J connectivity index is 2.58. The number of carbonyl (C=O) groups is 1. The Labute approximate surface area is 121 Å². The fraction of sp³-hybridized carbons (Fsp3) is 0.625. The number of hydrogen-bond donors (Lipinski definition) is 1. The first kappa shape index (κ1) is 16.6. The maximum absolute atomic E-state index is 12.2. The van der Waals surface area contributed by atoms with Gasteiger partial charge in [-0.15, -0.1) is 0 Å². The van der Waals surface area contributed by atoms with E-state index >= 15 is 0 Å². The zero-order chi connectivity index (χ0) is 15.0. The molecular formula is C16H26N2O2. The van der Waals surface area contributed by atoms with Gasteiger partial charge in [-0.05, 0) is 45.2 Å². The van der Waals surface area contributed by atoms with E-state index in [0.29, 0.717) is 30.2 Å². The van der Waals surface area contributed by atoms with Crippen molar-refractivity contribution in [2.75, 3.05) is 6.54 Å². The average molecular weight is 278 g/mol. The van der Waals surface area contributed by atoms with Gasteiger partial charge in [0.2, 0.25) is 0 Å². The highest BCUT2D eigenvalue weighted by Gasteiger charge is 2.12. The Morgan fingerprint density at radius 2 is 2.10 bits per heavy atom. The third kappa shape index (κ3) is 5.70. The zero-order valence-electron chi connectivity index (χ0n) is 12.8. The first-order valence-electron chi connectivity index (χ1n) is 7.41. The third-order valence-corrected chi connectivity index (χ3v) is 3.34. The summed E-state index contributed by atoms with van der Waals surface area (Å²) >= 11 is 0. The molecule has 0 aromatic carbocycles. The second-order valence-corrected chi connectivity index (χ2v) is 5.39. The molecule has 0 spiro atoms. The van der Waals surface area contributed by atoms with E-state index in [4.69, 9.17) is 10.5 Å². The van der Waals surface area contributed by atoms with Crippen LogP contribution in [0.2, 0.25) is 0 Å². The van der Waals surface area contributed by atoms with Gasteiger partial charge in [-0.2, -0.15) is 0 Å². The summed E-state index contributed by atoms with van der Waals surface area (Å²) in [5.74, 6) is 1.31. The van der Waals surface area contributed by atoms with E-state index in [9.17, 15) is 4.79 Å². The molecule has 0 radical (unpaired) electrons. The molecule has 112 valence electrons. The number of pyridine rings is 1. The van der Waals surface area contributed by atoms with Crippen molar-refractivity contribution in [1.29, 1.82) is 0 Å². The van der Waals surface area contributed by atoms with E-state index in [1.54, 1.807) is 18.5 Å². The highest BCUT2D eigenvalue weighted by atomic mass is 16.5. The summed E-state index contributed by atoms with van der Waals surface area (Å²) < 4.78 is 5.56. The zero-order valence-corrected chi connectivity index (χ0v) is 12.8. The van der Waals surface area contributed by atoms with Gasteiger partial charge in [0.25, 0.3) is 0 Å². The number of nitrogens with two attached hydrogens (primary N) is 1. The van der Waals surface area contributed by atoms with Gasteiger partial charge >= 0.3 is 0 Å². The standard InChI is InChI=1S/C16H26N2O2/c1-4-13(7-8-17)5-6-16(19)14-9-15(11-18-10-14)20-12(2)3/h9-13H,4-8,17H2,1-3H3. The summed E-state index contributed by atoms with van der Waals surface area (Å²) in [6.45, 7) is 6.73. The number of carbonyl (C=O) groups excluding carboxylic acids is 1. The van der Waals surface area contributed by atoms with Crippen LogP contribution in [0.4, 0.5) is 0 Å². The lowest BCUT2D eigenvalue weighted by molar-refractivity contribution is 0.0971. The molecule has 20 heavy (non-hydrogen) atoms. The first-order valence-corrected chi connectivity index (χ1v) is 7.41. The summed E-state index contributed by atoms with van der Waals surface area (Å²) in [6.07, 6.45) is 6.82. The Kier molecular flexibility index (Phi) is 7.23. The minimum Gasteiger partial charge on any atom is -0.489 e. The Bertz CT molecular complexity index is 419. The lowest BCUT2D eigenvalue weighted by Gasteiger charge is -2.13. The van der Waals surface area contributed by atoms with Crippen LogP contribution in [0.3, 0.4) is 0 Å². The van der Waals surface area contributed by atoms with E-state index < -0.39 is 0 Å². The quantitative estimate of drug-likeness (QED) is 0.704. The van der Waals surface area contributed by atoms with Crippen molar-refractivity contribution >= 4 is 5.78 Å². The predicted octanol–water partition coefficient (Wildman–Crippen LogP) is 3.21. The number of Topliss-reactive ketones (excluding diaryl/α,β-unsaturated/α-hetero) is 1. The van der Waals surface area contributed by atoms with Crippen molar-refractivity contribution in [3.05, 3.63) is 24.0 Å². The van der Waals surface area contributed by atoms with Crippen LogP contribution in [0.15, 0.2) is 18.5 Å². The molecule has 0 aliphatic carbocycles. The molecule has 4 heteroatoms. The van der Waals surface area contributed by atoms with Crippen LogP contribution >= 0.6 is 0 Å². The van der Waals surface area contributed by atoms with E-state index in [0.717, 1.165) is 19.3 Å². The molecule has 4 nitrogen and oxygen atoms in total. The lowest BCUT2D eigenvalue weighted by atomic mass is 9.94. The maximum Gasteiger partial charge on any atom is 0.164 e. The second kappa shape index (κ2) is 8.69. The van der Waals surface area contributed by atoms with Crippen molar-refractivity contribution < 1.29 is 9.53 Å². The third-order valence-electron chi connectivity index (χ3n) is 3.34. The van der Waals surface area contributed by atoms with Crippen molar-refractivity contribution in [3.8, 4) is 5.75 Å². The van der Waals surface area contributed by atoms with Crippen LogP contribution < -0.4 is 10.5 Å². The Hall–Kier alpha value is -1.42. The molecule has 1 unspecified atom stereocenters. The van der Waals surface area contributed by atoms with Crippen LogP contribution in [-0.4, -0.2) is 23.4 Å². The van der Waals surface area contributed by atoms with Crippen LogP contribution in [0, 0.1) is 5.92 Å². The average Bonchev–Trinajstić information content (AvgIpc) is 2.42. The van der Waals surface area contributed by atoms with E-state index in [1.807, 2.05) is 13.8 Å². The van der Waals surface area contributed by atoms with Crippen molar-refractivity contribution in [2.45, 2.75) is 52.6 Å². The molecule has 0 saturated carbocycles. The van der Waals surface area contributed by atoms with Crippen LogP contribution in [-0.2, 0) is 0 Å². The monoisotopic (exact) mass is 278 g/mol. The van der Waals surface area contributed by atoms with Gasteiger partial charge in [0.05, 0.1) is 12.3 Å². The van der Waals surface area contributed by atoms with E-state index in [-0.39, 0.29) is 11.9 Å². The van der Waals surface area contributed by atoms with Crippen LogP contribution in [0.25, 0.3) is 0 Å². The van der Waals surface area contributed by atoms with Gasteiger partial charge in [-0.1, -0.05) is 13.3 Å². The molecule has 1 rings (SSSR count). The van der Waals surface area contributed by atoms with Crippen molar-refractivity contribution in [3.63, 3.8) is 0 Å². The predicted molar refractivity (Wildman–Crippen MR) is 81.0 cm³/mol. The molecule has 1 heterocycles. The van der Waals surface area contributed by atoms with Gasteiger partial charge in [0, 0.05) is 18.2 Å². The van der Waals surface area contributed by atoms with E-state index in [1.165, 1.54) is 0 Å². The molecule has 2 N–H and O–H groups in total. The highest BCUT2D eigenvalue weighted by Crippen LogP contribution is 2.19. The number of ether oxygens (including phenoxy) is 1. The summed E-state index contributed by atoms with van der Waals surface area (Å²) in [4.78, 5) is 16.3. The number of hydrogen-bond acceptors (Lipinski definition) is 4. The maximum atomic E-state index is 12.2. The number of ketones is 1. The number of nitrogens with zero attached hydrogens (tertiary/aromatic N) is 1. The van der Waals surface area contributed by atoms with Crippen molar-refractivity contribution in [2.24, 2.45) is 11.7 Å². The minimum atomic E-state index is 0.0798. The molecule has 1 aromatic heterocycles. The van der Waals surface area contributed by atoms with Gasteiger partial charge in [0.1, 0.15) is 5.75 Å².